The Kier molecular flexibility index (Phi) is 6.69. The zero-order valence-electron chi connectivity index (χ0n) is 16.7. The van der Waals surface area contributed by atoms with Crippen LogP contribution in [0.5, 0.6) is 5.75 Å². The standard InChI is InChI=1S/C23H28N2O3/c1-17-10-11-21(18(2)14-17)28-16-22(26)24-20-9-7-8-19(15-20)23(27)25-12-5-3-4-6-13-25/h7-11,14-15H,3-6,12-13,16H2,1-2H3,(H,24,26). The molecule has 0 spiro atoms. The van der Waals surface area contributed by atoms with Crippen LogP contribution >= 0.6 is 0 Å². The average molecular weight is 380 g/mol. The maximum Gasteiger partial charge on any atom is 0.262 e. The second-order valence-electron chi connectivity index (χ2n) is 7.39. The van der Waals surface area contributed by atoms with Crippen LogP contribution < -0.4 is 10.1 Å². The van der Waals surface area contributed by atoms with E-state index in [0.717, 1.165) is 37.1 Å². The van der Waals surface area contributed by atoms with Gasteiger partial charge in [0.25, 0.3) is 11.8 Å². The Morgan fingerprint density at radius 3 is 2.46 bits per heavy atom. The van der Waals surface area contributed by atoms with Crippen LogP contribution in [0.15, 0.2) is 42.5 Å². The van der Waals surface area contributed by atoms with Gasteiger partial charge in [-0.25, -0.2) is 0 Å². The average Bonchev–Trinajstić information content (AvgIpc) is 2.96. The highest BCUT2D eigenvalue weighted by molar-refractivity contribution is 5.97. The number of benzene rings is 2. The van der Waals surface area contributed by atoms with E-state index in [4.69, 9.17) is 4.74 Å². The zero-order chi connectivity index (χ0) is 19.9. The van der Waals surface area contributed by atoms with E-state index in [1.165, 1.54) is 12.8 Å². The van der Waals surface area contributed by atoms with Crippen LogP contribution in [-0.4, -0.2) is 36.4 Å². The zero-order valence-corrected chi connectivity index (χ0v) is 16.7. The lowest BCUT2D eigenvalue weighted by molar-refractivity contribution is -0.118. The van der Waals surface area contributed by atoms with Gasteiger partial charge in [-0.3, -0.25) is 9.59 Å². The van der Waals surface area contributed by atoms with Crippen LogP contribution in [0.25, 0.3) is 0 Å². The molecule has 1 heterocycles. The van der Waals surface area contributed by atoms with Crippen molar-refractivity contribution in [3.05, 3.63) is 59.2 Å². The third-order valence-corrected chi connectivity index (χ3v) is 4.98. The van der Waals surface area contributed by atoms with E-state index in [1.54, 1.807) is 24.3 Å². The second-order valence-corrected chi connectivity index (χ2v) is 7.39. The van der Waals surface area contributed by atoms with Gasteiger partial charge < -0.3 is 15.0 Å². The molecule has 148 valence electrons. The van der Waals surface area contributed by atoms with Crippen molar-refractivity contribution in [2.24, 2.45) is 0 Å². The predicted octanol–water partition coefficient (Wildman–Crippen LogP) is 4.34. The van der Waals surface area contributed by atoms with Gasteiger partial charge in [0, 0.05) is 24.3 Å². The van der Waals surface area contributed by atoms with Crippen molar-refractivity contribution in [3.63, 3.8) is 0 Å². The van der Waals surface area contributed by atoms with Crippen LogP contribution in [0, 0.1) is 13.8 Å². The van der Waals surface area contributed by atoms with Gasteiger partial charge in [0.05, 0.1) is 0 Å². The third-order valence-electron chi connectivity index (χ3n) is 4.98. The molecule has 0 aliphatic carbocycles. The van der Waals surface area contributed by atoms with Gasteiger partial charge in [-0.1, -0.05) is 36.6 Å². The van der Waals surface area contributed by atoms with Crippen LogP contribution in [0.3, 0.4) is 0 Å². The first-order valence-electron chi connectivity index (χ1n) is 9.92. The van der Waals surface area contributed by atoms with Gasteiger partial charge in [-0.05, 0) is 56.5 Å². The number of nitrogens with zero attached hydrogens (tertiary/aromatic N) is 1. The number of amides is 2. The molecule has 1 N–H and O–H groups in total. The Morgan fingerprint density at radius 2 is 1.75 bits per heavy atom. The molecular formula is C23H28N2O3. The van der Waals surface area contributed by atoms with Crippen molar-refractivity contribution in [2.45, 2.75) is 39.5 Å². The highest BCUT2D eigenvalue weighted by Gasteiger charge is 2.17. The van der Waals surface area contributed by atoms with E-state index in [1.807, 2.05) is 36.9 Å². The Labute approximate surface area is 166 Å². The third kappa shape index (κ3) is 5.35. The fourth-order valence-corrected chi connectivity index (χ4v) is 3.49. The number of nitrogens with one attached hydrogen (secondary N) is 1. The summed E-state index contributed by atoms with van der Waals surface area (Å²) in [7, 11) is 0. The van der Waals surface area contributed by atoms with Crippen LogP contribution in [0.4, 0.5) is 5.69 Å². The first-order valence-corrected chi connectivity index (χ1v) is 9.92. The van der Waals surface area contributed by atoms with Gasteiger partial charge in [0.2, 0.25) is 0 Å². The highest BCUT2D eigenvalue weighted by Crippen LogP contribution is 2.19. The van der Waals surface area contributed by atoms with E-state index < -0.39 is 0 Å². The van der Waals surface area contributed by atoms with Gasteiger partial charge >= 0.3 is 0 Å². The fourth-order valence-electron chi connectivity index (χ4n) is 3.49. The highest BCUT2D eigenvalue weighted by atomic mass is 16.5. The Hall–Kier alpha value is -2.82. The smallest absolute Gasteiger partial charge is 0.262 e. The van der Waals surface area contributed by atoms with Gasteiger partial charge in [0.1, 0.15) is 5.75 Å². The molecule has 0 aromatic heterocycles. The summed E-state index contributed by atoms with van der Waals surface area (Å²) < 4.78 is 5.63. The van der Waals surface area contributed by atoms with Crippen molar-refractivity contribution in [2.75, 3.05) is 25.0 Å². The number of carbonyl (C=O) groups excluding carboxylic acids is 2. The Balaban J connectivity index is 1.58. The maximum absolute atomic E-state index is 12.8. The lowest BCUT2D eigenvalue weighted by Gasteiger charge is -2.20. The van der Waals surface area contributed by atoms with Crippen molar-refractivity contribution in [3.8, 4) is 5.75 Å². The van der Waals surface area contributed by atoms with E-state index >= 15 is 0 Å². The van der Waals surface area contributed by atoms with Gasteiger partial charge in [0.15, 0.2) is 6.61 Å². The van der Waals surface area contributed by atoms with E-state index in [0.29, 0.717) is 17.0 Å². The quantitative estimate of drug-likeness (QED) is 0.840. The largest absolute Gasteiger partial charge is 0.483 e. The summed E-state index contributed by atoms with van der Waals surface area (Å²) in [5.74, 6) is 0.481. The van der Waals surface area contributed by atoms with E-state index in [9.17, 15) is 9.59 Å². The van der Waals surface area contributed by atoms with Crippen LogP contribution in [0.1, 0.15) is 47.2 Å². The molecule has 0 radical (unpaired) electrons. The molecule has 2 amide bonds. The number of carbonyl (C=O) groups is 2. The number of likely N-dealkylation sites (tertiary alicyclic amines) is 1. The number of rotatable bonds is 5. The monoisotopic (exact) mass is 380 g/mol. The molecule has 1 aliphatic rings. The summed E-state index contributed by atoms with van der Waals surface area (Å²) in [5, 5.41) is 2.82. The molecule has 1 aliphatic heterocycles. The summed E-state index contributed by atoms with van der Waals surface area (Å²) >= 11 is 0. The Morgan fingerprint density at radius 1 is 1.00 bits per heavy atom. The summed E-state index contributed by atoms with van der Waals surface area (Å²) in [4.78, 5) is 26.9. The molecule has 28 heavy (non-hydrogen) atoms. The van der Waals surface area contributed by atoms with Crippen LogP contribution in [-0.2, 0) is 4.79 Å². The summed E-state index contributed by atoms with van der Waals surface area (Å²) in [5.41, 5.74) is 3.36. The van der Waals surface area contributed by atoms with Gasteiger partial charge in [-0.2, -0.15) is 0 Å². The predicted molar refractivity (Wildman–Crippen MR) is 111 cm³/mol. The van der Waals surface area contributed by atoms with Crippen molar-refractivity contribution in [1.29, 1.82) is 0 Å². The number of hydrogen-bond donors (Lipinski definition) is 1. The molecule has 5 heteroatoms. The molecule has 2 aromatic rings. The summed E-state index contributed by atoms with van der Waals surface area (Å²) in [6.07, 6.45) is 4.47. The van der Waals surface area contributed by atoms with Crippen molar-refractivity contribution in [1.82, 2.24) is 4.90 Å². The molecule has 0 atom stereocenters. The normalized spacial score (nSPS) is 14.3. The molecule has 3 rings (SSSR count). The first kappa shape index (κ1) is 19.9. The molecular weight excluding hydrogens is 352 g/mol. The van der Waals surface area contributed by atoms with Crippen LogP contribution in [0.2, 0.25) is 0 Å². The number of aryl methyl sites for hydroxylation is 2. The van der Waals surface area contributed by atoms with Crippen molar-refractivity contribution < 1.29 is 14.3 Å². The minimum Gasteiger partial charge on any atom is -0.483 e. The molecule has 5 nitrogen and oxygen atoms in total. The lowest BCUT2D eigenvalue weighted by atomic mass is 10.1. The number of hydrogen-bond acceptors (Lipinski definition) is 3. The lowest BCUT2D eigenvalue weighted by Crippen LogP contribution is -2.31. The topological polar surface area (TPSA) is 58.6 Å². The second kappa shape index (κ2) is 9.40. The minimum atomic E-state index is -0.251. The maximum atomic E-state index is 12.8. The van der Waals surface area contributed by atoms with E-state index in [2.05, 4.69) is 5.32 Å². The SMILES string of the molecule is Cc1ccc(OCC(=O)Nc2cccc(C(=O)N3CCCCCC3)c2)c(C)c1. The molecule has 1 saturated heterocycles. The molecule has 0 bridgehead atoms. The molecule has 0 unspecified atom stereocenters. The molecule has 0 saturated carbocycles. The summed E-state index contributed by atoms with van der Waals surface area (Å²) in [6.45, 7) is 5.51. The number of anilines is 1. The molecule has 2 aromatic carbocycles. The van der Waals surface area contributed by atoms with Crippen molar-refractivity contribution >= 4 is 17.5 Å². The Bertz CT molecular complexity index is 839. The van der Waals surface area contributed by atoms with Gasteiger partial charge in [-0.15, -0.1) is 0 Å². The summed E-state index contributed by atoms with van der Waals surface area (Å²) in [6, 6.07) is 13.0. The molecule has 1 fully saturated rings. The fraction of sp³-hybridized carbons (Fsp3) is 0.391. The number of ether oxygens (including phenoxy) is 1. The first-order chi connectivity index (χ1) is 13.5. The van der Waals surface area contributed by atoms with E-state index in [-0.39, 0.29) is 18.4 Å². The minimum absolute atomic E-state index is 0.0320.